The molecule has 0 spiro atoms. The van der Waals surface area contributed by atoms with Crippen LogP contribution >= 0.6 is 0 Å². The minimum Gasteiger partial charge on any atom is -0.383 e. The third-order valence-electron chi connectivity index (χ3n) is 4.23. The fourth-order valence-corrected chi connectivity index (χ4v) is 2.65. The van der Waals surface area contributed by atoms with Crippen molar-refractivity contribution >= 4 is 17.4 Å². The smallest absolute Gasteiger partial charge is 0.261 e. The molecule has 2 aromatic carbocycles. The molecule has 1 amide bonds. The lowest BCUT2D eigenvalue weighted by Gasteiger charge is -2.14. The molecule has 1 aromatic heterocycles. The van der Waals surface area contributed by atoms with Gasteiger partial charge in [0, 0.05) is 5.69 Å². The SMILES string of the molecule is CNC(O)c1ccc(C)c(NC(=O)c2cnn(-c3ccccc3F)c2N)c1. The van der Waals surface area contributed by atoms with Crippen LogP contribution in [-0.4, -0.2) is 27.8 Å². The quantitative estimate of drug-likeness (QED) is 0.517. The van der Waals surface area contributed by atoms with Crippen LogP contribution in [0.5, 0.6) is 0 Å². The number of benzene rings is 2. The molecule has 0 aliphatic carbocycles. The number of halogens is 1. The van der Waals surface area contributed by atoms with Gasteiger partial charge in [0.15, 0.2) is 0 Å². The van der Waals surface area contributed by atoms with Crippen LogP contribution in [0.3, 0.4) is 0 Å². The second kappa shape index (κ2) is 7.56. The van der Waals surface area contributed by atoms with Crippen molar-refractivity contribution in [2.45, 2.75) is 13.2 Å². The molecule has 1 heterocycles. The van der Waals surface area contributed by atoms with Gasteiger partial charge >= 0.3 is 0 Å². The van der Waals surface area contributed by atoms with Gasteiger partial charge < -0.3 is 16.2 Å². The first kappa shape index (κ1) is 18.6. The standard InChI is InChI=1S/C19H20FN5O2/c1-11-7-8-12(18(26)22-2)9-15(11)24-19(27)13-10-23-25(17(13)21)16-6-4-3-5-14(16)20/h3-10,18,22,26H,21H2,1-2H3,(H,24,27). The lowest BCUT2D eigenvalue weighted by atomic mass is 10.1. The number of amides is 1. The van der Waals surface area contributed by atoms with E-state index in [1.165, 1.54) is 23.0 Å². The molecule has 7 nitrogen and oxygen atoms in total. The number of carbonyl (C=O) groups excluding carboxylic acids is 1. The van der Waals surface area contributed by atoms with Crippen LogP contribution in [0.4, 0.5) is 15.9 Å². The third kappa shape index (κ3) is 3.67. The number of aliphatic hydroxyl groups excluding tert-OH is 1. The maximum Gasteiger partial charge on any atom is 0.261 e. The van der Waals surface area contributed by atoms with Crippen molar-refractivity contribution in [3.63, 3.8) is 0 Å². The van der Waals surface area contributed by atoms with Gasteiger partial charge in [-0.2, -0.15) is 5.10 Å². The van der Waals surface area contributed by atoms with E-state index >= 15 is 0 Å². The van der Waals surface area contributed by atoms with Crippen molar-refractivity contribution in [3.05, 3.63) is 71.2 Å². The summed E-state index contributed by atoms with van der Waals surface area (Å²) in [5, 5.41) is 19.4. The number of carbonyl (C=O) groups is 1. The molecule has 8 heteroatoms. The van der Waals surface area contributed by atoms with E-state index in [2.05, 4.69) is 15.7 Å². The molecule has 3 aromatic rings. The number of para-hydroxylation sites is 1. The summed E-state index contributed by atoms with van der Waals surface area (Å²) in [6.45, 7) is 1.83. The molecular formula is C19H20FN5O2. The maximum atomic E-state index is 14.0. The minimum atomic E-state index is -0.852. The van der Waals surface area contributed by atoms with Crippen LogP contribution in [0, 0.1) is 12.7 Å². The number of aliphatic hydroxyl groups is 1. The summed E-state index contributed by atoms with van der Waals surface area (Å²) in [4.78, 5) is 12.7. The Balaban J connectivity index is 1.89. The van der Waals surface area contributed by atoms with Crippen LogP contribution in [0.1, 0.15) is 27.7 Å². The van der Waals surface area contributed by atoms with Gasteiger partial charge in [0.2, 0.25) is 0 Å². The van der Waals surface area contributed by atoms with E-state index in [0.29, 0.717) is 11.3 Å². The molecule has 27 heavy (non-hydrogen) atoms. The van der Waals surface area contributed by atoms with Crippen molar-refractivity contribution in [1.29, 1.82) is 0 Å². The normalized spacial score (nSPS) is 12.0. The van der Waals surface area contributed by atoms with E-state index < -0.39 is 18.0 Å². The van der Waals surface area contributed by atoms with E-state index in [1.807, 2.05) is 6.92 Å². The fraction of sp³-hybridized carbons (Fsp3) is 0.158. The van der Waals surface area contributed by atoms with Gasteiger partial charge in [0.05, 0.1) is 6.20 Å². The lowest BCUT2D eigenvalue weighted by Crippen LogP contribution is -2.17. The third-order valence-corrected chi connectivity index (χ3v) is 4.23. The molecule has 1 atom stereocenters. The number of nitrogen functional groups attached to an aromatic ring is 1. The summed E-state index contributed by atoms with van der Waals surface area (Å²) in [5.41, 5.74) is 8.25. The Morgan fingerprint density at radius 1 is 1.30 bits per heavy atom. The van der Waals surface area contributed by atoms with E-state index in [9.17, 15) is 14.3 Å². The number of nitrogens with two attached hydrogens (primary N) is 1. The number of anilines is 2. The van der Waals surface area contributed by atoms with Crippen molar-refractivity contribution < 1.29 is 14.3 Å². The predicted octanol–water partition coefficient (Wildman–Crippen LogP) is 2.36. The number of rotatable bonds is 5. The van der Waals surface area contributed by atoms with Gasteiger partial charge in [-0.15, -0.1) is 0 Å². The van der Waals surface area contributed by atoms with Gasteiger partial charge in [0.25, 0.3) is 5.91 Å². The zero-order valence-corrected chi connectivity index (χ0v) is 14.9. The highest BCUT2D eigenvalue weighted by atomic mass is 19.1. The molecule has 1 unspecified atom stereocenters. The molecule has 0 bridgehead atoms. The van der Waals surface area contributed by atoms with Crippen LogP contribution < -0.4 is 16.4 Å². The Morgan fingerprint density at radius 3 is 2.74 bits per heavy atom. The molecule has 0 aliphatic rings. The predicted molar refractivity (Wildman–Crippen MR) is 101 cm³/mol. The summed E-state index contributed by atoms with van der Waals surface area (Å²) in [6, 6.07) is 11.2. The number of nitrogens with one attached hydrogen (secondary N) is 2. The second-order valence-corrected chi connectivity index (χ2v) is 6.03. The minimum absolute atomic E-state index is 0.0293. The number of hydrogen-bond acceptors (Lipinski definition) is 5. The lowest BCUT2D eigenvalue weighted by molar-refractivity contribution is 0.102. The Labute approximate surface area is 155 Å². The Bertz CT molecular complexity index is 986. The molecule has 0 saturated heterocycles. The first-order valence-electron chi connectivity index (χ1n) is 8.28. The van der Waals surface area contributed by atoms with Crippen molar-refractivity contribution in [3.8, 4) is 5.69 Å². The topological polar surface area (TPSA) is 105 Å². The summed E-state index contributed by atoms with van der Waals surface area (Å²) in [5.74, 6) is -0.945. The molecular weight excluding hydrogens is 349 g/mol. The van der Waals surface area contributed by atoms with Crippen LogP contribution in [-0.2, 0) is 0 Å². The largest absolute Gasteiger partial charge is 0.383 e. The van der Waals surface area contributed by atoms with Crippen molar-refractivity contribution in [2.75, 3.05) is 18.1 Å². The van der Waals surface area contributed by atoms with Crippen molar-refractivity contribution in [1.82, 2.24) is 15.1 Å². The van der Waals surface area contributed by atoms with Gasteiger partial charge in [-0.3, -0.25) is 10.1 Å². The molecule has 140 valence electrons. The number of aryl methyl sites for hydroxylation is 1. The Kier molecular flexibility index (Phi) is 5.20. The van der Waals surface area contributed by atoms with Gasteiger partial charge in [-0.05, 0) is 43.3 Å². The molecule has 0 saturated carbocycles. The van der Waals surface area contributed by atoms with E-state index in [4.69, 9.17) is 5.73 Å². The van der Waals surface area contributed by atoms with E-state index in [1.54, 1.807) is 37.4 Å². The summed E-state index contributed by atoms with van der Waals surface area (Å²) in [6.07, 6.45) is 0.439. The van der Waals surface area contributed by atoms with Crippen LogP contribution in [0.15, 0.2) is 48.7 Å². The molecule has 0 radical (unpaired) electrons. The zero-order chi connectivity index (χ0) is 19.6. The second-order valence-electron chi connectivity index (χ2n) is 6.03. The van der Waals surface area contributed by atoms with Crippen LogP contribution in [0.25, 0.3) is 5.69 Å². The number of hydrogen-bond donors (Lipinski definition) is 4. The zero-order valence-electron chi connectivity index (χ0n) is 14.9. The van der Waals surface area contributed by atoms with Gasteiger partial charge in [-0.1, -0.05) is 24.3 Å². The van der Waals surface area contributed by atoms with Gasteiger partial charge in [-0.25, -0.2) is 9.07 Å². The molecule has 5 N–H and O–H groups in total. The summed E-state index contributed by atoms with van der Waals surface area (Å²) in [7, 11) is 1.63. The highest BCUT2D eigenvalue weighted by Gasteiger charge is 2.19. The Hall–Kier alpha value is -3.23. The average Bonchev–Trinajstić information content (AvgIpc) is 3.04. The van der Waals surface area contributed by atoms with E-state index in [-0.39, 0.29) is 17.1 Å². The monoisotopic (exact) mass is 369 g/mol. The summed E-state index contributed by atoms with van der Waals surface area (Å²) >= 11 is 0. The average molecular weight is 369 g/mol. The highest BCUT2D eigenvalue weighted by molar-refractivity contribution is 6.07. The summed E-state index contributed by atoms with van der Waals surface area (Å²) < 4.78 is 15.2. The fourth-order valence-electron chi connectivity index (χ4n) is 2.65. The first-order valence-corrected chi connectivity index (χ1v) is 8.28. The van der Waals surface area contributed by atoms with E-state index in [0.717, 1.165) is 5.56 Å². The first-order chi connectivity index (χ1) is 12.9. The van der Waals surface area contributed by atoms with Crippen molar-refractivity contribution in [2.24, 2.45) is 0 Å². The molecule has 0 fully saturated rings. The van der Waals surface area contributed by atoms with Crippen LogP contribution in [0.2, 0.25) is 0 Å². The maximum absolute atomic E-state index is 14.0. The van der Waals surface area contributed by atoms with Gasteiger partial charge in [0.1, 0.15) is 29.1 Å². The molecule has 3 rings (SSSR count). The number of nitrogens with zero attached hydrogens (tertiary/aromatic N) is 2. The highest BCUT2D eigenvalue weighted by Crippen LogP contribution is 2.23. The number of aromatic nitrogens is 2. The Morgan fingerprint density at radius 2 is 2.04 bits per heavy atom. The molecule has 0 aliphatic heterocycles.